The highest BCUT2D eigenvalue weighted by Crippen LogP contribution is 2.15. The summed E-state index contributed by atoms with van der Waals surface area (Å²) in [5, 5.41) is 5.29. The number of halogens is 1. The molecule has 0 saturated heterocycles. The van der Waals surface area contributed by atoms with E-state index in [1.54, 1.807) is 24.3 Å². The molecule has 2 aromatic rings. The third kappa shape index (κ3) is 7.13. The predicted octanol–water partition coefficient (Wildman–Crippen LogP) is 2.65. The van der Waals surface area contributed by atoms with Crippen LogP contribution in [-0.2, 0) is 9.59 Å². The van der Waals surface area contributed by atoms with Crippen LogP contribution in [0.3, 0.4) is 0 Å². The average molecular weight is 378 g/mol. The van der Waals surface area contributed by atoms with E-state index in [0.29, 0.717) is 12.3 Å². The van der Waals surface area contributed by atoms with Crippen LogP contribution in [-0.4, -0.2) is 25.0 Å². The zero-order chi connectivity index (χ0) is 18.1. The summed E-state index contributed by atoms with van der Waals surface area (Å²) in [4.78, 5) is 23.8. The van der Waals surface area contributed by atoms with Gasteiger partial charge >= 0.3 is 0 Å². The monoisotopic (exact) mass is 377 g/mol. The maximum absolute atomic E-state index is 11.9. The van der Waals surface area contributed by atoms with Gasteiger partial charge in [-0.2, -0.15) is 0 Å². The Bertz CT molecular complexity index is 693. The number of rotatable bonds is 8. The molecule has 0 aliphatic heterocycles. The summed E-state index contributed by atoms with van der Waals surface area (Å²) in [5.74, 6) is 0.174. The number of benzene rings is 2. The molecule has 2 amide bonds. The highest BCUT2D eigenvalue weighted by atomic mass is 35.5. The SMILES string of the molecule is CCOc1ccc(NC(=O)CNC(=O)CC(N)c2ccccc2)cc1.Cl. The van der Waals surface area contributed by atoms with Crippen molar-refractivity contribution >= 4 is 29.9 Å². The first-order valence-corrected chi connectivity index (χ1v) is 8.18. The fourth-order valence-corrected chi connectivity index (χ4v) is 2.28. The molecule has 0 heterocycles. The van der Waals surface area contributed by atoms with Crippen molar-refractivity contribution in [1.82, 2.24) is 5.32 Å². The van der Waals surface area contributed by atoms with Gasteiger partial charge in [0.15, 0.2) is 0 Å². The van der Waals surface area contributed by atoms with Crippen LogP contribution in [0.4, 0.5) is 5.69 Å². The molecule has 0 fully saturated rings. The van der Waals surface area contributed by atoms with Crippen LogP contribution in [0.1, 0.15) is 24.9 Å². The molecule has 0 saturated carbocycles. The largest absolute Gasteiger partial charge is 0.494 e. The van der Waals surface area contributed by atoms with Crippen molar-refractivity contribution < 1.29 is 14.3 Å². The Labute approximate surface area is 159 Å². The highest BCUT2D eigenvalue weighted by Gasteiger charge is 2.12. The van der Waals surface area contributed by atoms with Crippen LogP contribution in [0, 0.1) is 0 Å². The molecule has 0 spiro atoms. The third-order valence-corrected chi connectivity index (χ3v) is 3.53. The van der Waals surface area contributed by atoms with E-state index < -0.39 is 6.04 Å². The van der Waals surface area contributed by atoms with E-state index in [9.17, 15) is 9.59 Å². The summed E-state index contributed by atoms with van der Waals surface area (Å²) >= 11 is 0. The lowest BCUT2D eigenvalue weighted by Gasteiger charge is -2.12. The van der Waals surface area contributed by atoms with Crippen LogP contribution in [0.5, 0.6) is 5.75 Å². The number of carbonyl (C=O) groups excluding carboxylic acids is 2. The fourth-order valence-electron chi connectivity index (χ4n) is 2.28. The number of hydrogen-bond acceptors (Lipinski definition) is 4. The molecule has 0 bridgehead atoms. The summed E-state index contributed by atoms with van der Waals surface area (Å²) < 4.78 is 5.34. The van der Waals surface area contributed by atoms with Crippen molar-refractivity contribution in [2.45, 2.75) is 19.4 Å². The number of amides is 2. The molecular formula is C19H24ClN3O3. The van der Waals surface area contributed by atoms with E-state index in [2.05, 4.69) is 10.6 Å². The van der Waals surface area contributed by atoms with E-state index in [4.69, 9.17) is 10.5 Å². The maximum atomic E-state index is 11.9. The van der Waals surface area contributed by atoms with Crippen LogP contribution < -0.4 is 21.1 Å². The van der Waals surface area contributed by atoms with E-state index in [0.717, 1.165) is 11.3 Å². The Morgan fingerprint density at radius 2 is 1.69 bits per heavy atom. The average Bonchev–Trinajstić information content (AvgIpc) is 2.62. The minimum Gasteiger partial charge on any atom is -0.494 e. The van der Waals surface area contributed by atoms with E-state index in [1.165, 1.54) is 0 Å². The first-order valence-electron chi connectivity index (χ1n) is 8.18. The molecule has 140 valence electrons. The second-order valence-electron chi connectivity index (χ2n) is 5.50. The van der Waals surface area contributed by atoms with Gasteiger partial charge in [0, 0.05) is 18.2 Å². The molecule has 0 radical (unpaired) electrons. The summed E-state index contributed by atoms with van der Waals surface area (Å²) in [6.45, 7) is 2.39. The highest BCUT2D eigenvalue weighted by molar-refractivity contribution is 5.94. The molecule has 2 rings (SSSR count). The van der Waals surface area contributed by atoms with Crippen molar-refractivity contribution in [2.75, 3.05) is 18.5 Å². The zero-order valence-electron chi connectivity index (χ0n) is 14.6. The smallest absolute Gasteiger partial charge is 0.243 e. The first kappa shape index (κ1) is 21.5. The molecular weight excluding hydrogens is 354 g/mol. The lowest BCUT2D eigenvalue weighted by molar-refractivity contribution is -0.124. The molecule has 26 heavy (non-hydrogen) atoms. The first-order chi connectivity index (χ1) is 12.1. The number of nitrogens with one attached hydrogen (secondary N) is 2. The number of carbonyl (C=O) groups is 2. The Kier molecular flexibility index (Phi) is 9.19. The normalized spacial score (nSPS) is 11.0. The number of anilines is 1. The van der Waals surface area contributed by atoms with Crippen LogP contribution in [0.15, 0.2) is 54.6 Å². The molecule has 0 aliphatic carbocycles. The number of ether oxygens (including phenoxy) is 1. The molecule has 2 aromatic carbocycles. The van der Waals surface area contributed by atoms with Gasteiger partial charge in [-0.3, -0.25) is 9.59 Å². The molecule has 1 unspecified atom stereocenters. The van der Waals surface area contributed by atoms with Crippen molar-refractivity contribution in [1.29, 1.82) is 0 Å². The Morgan fingerprint density at radius 1 is 1.04 bits per heavy atom. The van der Waals surface area contributed by atoms with Gasteiger partial charge in [0.05, 0.1) is 13.2 Å². The third-order valence-electron chi connectivity index (χ3n) is 3.53. The molecule has 0 aromatic heterocycles. The van der Waals surface area contributed by atoms with Gasteiger partial charge in [0.25, 0.3) is 0 Å². The summed E-state index contributed by atoms with van der Waals surface area (Å²) in [6.07, 6.45) is 0.125. The standard InChI is InChI=1S/C19H23N3O3.ClH/c1-2-25-16-10-8-15(9-11-16)22-19(24)13-21-18(23)12-17(20)14-6-4-3-5-7-14;/h3-11,17H,2,12-13,20H2,1H3,(H,21,23)(H,22,24);1H. The lowest BCUT2D eigenvalue weighted by atomic mass is 10.0. The topological polar surface area (TPSA) is 93.5 Å². The van der Waals surface area contributed by atoms with Crippen molar-refractivity contribution in [3.63, 3.8) is 0 Å². The van der Waals surface area contributed by atoms with Gasteiger partial charge in [0.2, 0.25) is 11.8 Å². The summed E-state index contributed by atoms with van der Waals surface area (Å²) in [6, 6.07) is 16.0. The Hall–Kier alpha value is -2.57. The van der Waals surface area contributed by atoms with E-state index >= 15 is 0 Å². The second kappa shape index (κ2) is 11.1. The Balaban J connectivity index is 0.00000338. The zero-order valence-corrected chi connectivity index (χ0v) is 15.4. The van der Waals surface area contributed by atoms with Crippen molar-refractivity contribution in [3.05, 3.63) is 60.2 Å². The molecule has 0 aliphatic rings. The predicted molar refractivity (Wildman–Crippen MR) is 104 cm³/mol. The quantitative estimate of drug-likeness (QED) is 0.659. The van der Waals surface area contributed by atoms with Crippen molar-refractivity contribution in [2.24, 2.45) is 5.73 Å². The lowest BCUT2D eigenvalue weighted by Crippen LogP contribution is -2.34. The summed E-state index contributed by atoms with van der Waals surface area (Å²) in [7, 11) is 0. The summed E-state index contributed by atoms with van der Waals surface area (Å²) in [5.41, 5.74) is 7.52. The van der Waals surface area contributed by atoms with E-state index in [-0.39, 0.29) is 37.2 Å². The Morgan fingerprint density at radius 3 is 2.31 bits per heavy atom. The second-order valence-corrected chi connectivity index (χ2v) is 5.50. The van der Waals surface area contributed by atoms with Crippen LogP contribution in [0.25, 0.3) is 0 Å². The minimum absolute atomic E-state index is 0. The van der Waals surface area contributed by atoms with Gasteiger partial charge in [-0.15, -0.1) is 12.4 Å². The molecule has 1 atom stereocenters. The fraction of sp³-hybridized carbons (Fsp3) is 0.263. The van der Waals surface area contributed by atoms with E-state index in [1.807, 2.05) is 37.3 Å². The van der Waals surface area contributed by atoms with Crippen LogP contribution in [0.2, 0.25) is 0 Å². The molecule has 6 nitrogen and oxygen atoms in total. The number of hydrogen-bond donors (Lipinski definition) is 3. The van der Waals surface area contributed by atoms with Crippen LogP contribution >= 0.6 is 12.4 Å². The van der Waals surface area contributed by atoms with Gasteiger partial charge < -0.3 is 21.1 Å². The van der Waals surface area contributed by atoms with Gasteiger partial charge in [-0.25, -0.2) is 0 Å². The molecule has 4 N–H and O–H groups in total. The van der Waals surface area contributed by atoms with Crippen molar-refractivity contribution in [3.8, 4) is 5.75 Å². The maximum Gasteiger partial charge on any atom is 0.243 e. The van der Waals surface area contributed by atoms with Gasteiger partial charge in [-0.1, -0.05) is 30.3 Å². The minimum atomic E-state index is -0.393. The van der Waals surface area contributed by atoms with Gasteiger partial charge in [0.1, 0.15) is 5.75 Å². The molecule has 7 heteroatoms. The van der Waals surface area contributed by atoms with Gasteiger partial charge in [-0.05, 0) is 36.8 Å². The number of nitrogens with two attached hydrogens (primary N) is 1.